The zero-order chi connectivity index (χ0) is 14.4. The first kappa shape index (κ1) is 14.8. The molecule has 0 atom stereocenters. The summed E-state index contributed by atoms with van der Waals surface area (Å²) in [5.41, 5.74) is 0.775. The molecule has 106 valence electrons. The van der Waals surface area contributed by atoms with Gasteiger partial charge in [-0.3, -0.25) is 4.79 Å². The zero-order valence-electron chi connectivity index (χ0n) is 11.7. The van der Waals surface area contributed by atoms with Crippen LogP contribution in [0.3, 0.4) is 0 Å². The van der Waals surface area contributed by atoms with Gasteiger partial charge in [0.2, 0.25) is 0 Å². The van der Waals surface area contributed by atoms with Crippen molar-refractivity contribution in [3.8, 4) is 5.75 Å². The summed E-state index contributed by atoms with van der Waals surface area (Å²) >= 11 is 1.64. The second-order valence-corrected chi connectivity index (χ2v) is 5.92. The van der Waals surface area contributed by atoms with E-state index < -0.39 is 0 Å². The number of Topliss-reactive ketones (excluding diaryl/α,β-unsaturated/α-hetero) is 1. The van der Waals surface area contributed by atoms with Gasteiger partial charge in [-0.1, -0.05) is 18.2 Å². The van der Waals surface area contributed by atoms with Crippen LogP contribution in [-0.4, -0.2) is 25.6 Å². The molecule has 2 aromatic rings. The number of ketones is 1. The van der Waals surface area contributed by atoms with Gasteiger partial charge in [0.1, 0.15) is 19.0 Å². The van der Waals surface area contributed by atoms with Crippen molar-refractivity contribution < 1.29 is 14.3 Å². The zero-order valence-corrected chi connectivity index (χ0v) is 12.5. The van der Waals surface area contributed by atoms with E-state index in [1.54, 1.807) is 11.3 Å². The van der Waals surface area contributed by atoms with Crippen molar-refractivity contribution in [2.45, 2.75) is 13.8 Å². The molecule has 4 heteroatoms. The van der Waals surface area contributed by atoms with Crippen molar-refractivity contribution in [2.24, 2.45) is 0 Å². The van der Waals surface area contributed by atoms with E-state index in [9.17, 15) is 4.79 Å². The minimum atomic E-state index is 0.0339. The first-order valence-corrected chi connectivity index (χ1v) is 7.34. The monoisotopic (exact) mass is 290 g/mol. The van der Waals surface area contributed by atoms with E-state index in [2.05, 4.69) is 0 Å². The molecule has 1 heterocycles. The molecule has 1 aromatic carbocycles. The molecule has 1 aromatic heterocycles. The van der Waals surface area contributed by atoms with Crippen LogP contribution in [0.15, 0.2) is 36.4 Å². The van der Waals surface area contributed by atoms with E-state index >= 15 is 0 Å². The quantitative estimate of drug-likeness (QED) is 0.577. The summed E-state index contributed by atoms with van der Waals surface area (Å²) < 4.78 is 10.9. The van der Waals surface area contributed by atoms with Crippen LogP contribution >= 0.6 is 11.3 Å². The van der Waals surface area contributed by atoms with Crippen LogP contribution in [0, 0.1) is 13.8 Å². The molecule has 3 nitrogen and oxygen atoms in total. The Bertz CT molecular complexity index is 560. The van der Waals surface area contributed by atoms with Gasteiger partial charge in [-0.25, -0.2) is 0 Å². The van der Waals surface area contributed by atoms with Crippen LogP contribution in [-0.2, 0) is 4.74 Å². The van der Waals surface area contributed by atoms with Crippen LogP contribution < -0.4 is 4.74 Å². The molecule has 2 rings (SSSR count). The smallest absolute Gasteiger partial charge is 0.189 e. The number of rotatable bonds is 7. The van der Waals surface area contributed by atoms with Crippen LogP contribution in [0.2, 0.25) is 0 Å². The van der Waals surface area contributed by atoms with Gasteiger partial charge in [0.15, 0.2) is 5.78 Å². The predicted molar refractivity (Wildman–Crippen MR) is 80.9 cm³/mol. The number of benzene rings is 1. The molecule has 0 bridgehead atoms. The van der Waals surface area contributed by atoms with Crippen LogP contribution in [0.4, 0.5) is 0 Å². The van der Waals surface area contributed by atoms with Crippen molar-refractivity contribution >= 4 is 17.1 Å². The molecule has 0 fully saturated rings. The third-order valence-electron chi connectivity index (χ3n) is 2.81. The summed E-state index contributed by atoms with van der Waals surface area (Å²) in [7, 11) is 0. The van der Waals surface area contributed by atoms with Crippen molar-refractivity contribution in [3.63, 3.8) is 0 Å². The Morgan fingerprint density at radius 1 is 1.15 bits per heavy atom. The summed E-state index contributed by atoms with van der Waals surface area (Å²) in [6.07, 6.45) is 0. The Labute approximate surface area is 123 Å². The average molecular weight is 290 g/mol. The van der Waals surface area contributed by atoms with E-state index in [1.807, 2.05) is 50.2 Å². The van der Waals surface area contributed by atoms with Gasteiger partial charge in [0.25, 0.3) is 0 Å². The molecule has 20 heavy (non-hydrogen) atoms. The molecule has 0 saturated carbocycles. The number of aryl methyl sites for hydroxylation is 2. The maximum Gasteiger partial charge on any atom is 0.189 e. The van der Waals surface area contributed by atoms with Crippen molar-refractivity contribution in [3.05, 3.63) is 51.7 Å². The lowest BCUT2D eigenvalue weighted by atomic mass is 10.2. The molecular weight excluding hydrogens is 272 g/mol. The fourth-order valence-corrected chi connectivity index (χ4v) is 2.83. The van der Waals surface area contributed by atoms with Gasteiger partial charge >= 0.3 is 0 Å². The van der Waals surface area contributed by atoms with E-state index in [4.69, 9.17) is 9.47 Å². The number of hydrogen-bond donors (Lipinski definition) is 0. The predicted octanol–water partition coefficient (Wildman–Crippen LogP) is 3.64. The van der Waals surface area contributed by atoms with Gasteiger partial charge in [0.05, 0.1) is 6.61 Å². The van der Waals surface area contributed by atoms with Gasteiger partial charge < -0.3 is 9.47 Å². The minimum absolute atomic E-state index is 0.0339. The molecule has 0 spiro atoms. The molecule has 0 radical (unpaired) electrons. The maximum atomic E-state index is 12.0. The number of hydrogen-bond acceptors (Lipinski definition) is 4. The first-order valence-electron chi connectivity index (χ1n) is 6.52. The minimum Gasteiger partial charge on any atom is -0.491 e. The summed E-state index contributed by atoms with van der Waals surface area (Å²) in [4.78, 5) is 14.2. The van der Waals surface area contributed by atoms with E-state index in [-0.39, 0.29) is 12.4 Å². The molecule has 0 amide bonds. The highest BCUT2D eigenvalue weighted by Crippen LogP contribution is 2.20. The Hall–Kier alpha value is -1.65. The SMILES string of the molecule is Cc1cc(C(=O)COCCOc2ccccc2)c(C)s1. The molecule has 0 saturated heterocycles. The molecular formula is C16H18O3S. The fraction of sp³-hybridized carbons (Fsp3) is 0.312. The summed E-state index contributed by atoms with van der Waals surface area (Å²) in [6.45, 7) is 4.92. The third kappa shape index (κ3) is 4.18. The van der Waals surface area contributed by atoms with Crippen LogP contribution in [0.5, 0.6) is 5.75 Å². The largest absolute Gasteiger partial charge is 0.491 e. The molecule has 0 aliphatic rings. The van der Waals surface area contributed by atoms with Gasteiger partial charge in [-0.15, -0.1) is 11.3 Å². The molecule has 0 aliphatic heterocycles. The standard InChI is InChI=1S/C16H18O3S/c1-12-10-15(13(2)20-12)16(17)11-18-8-9-19-14-6-4-3-5-7-14/h3-7,10H,8-9,11H2,1-2H3. The first-order chi connectivity index (χ1) is 9.66. The average Bonchev–Trinajstić information content (AvgIpc) is 2.78. The number of carbonyl (C=O) groups excluding carboxylic acids is 1. The maximum absolute atomic E-state index is 12.0. The topological polar surface area (TPSA) is 35.5 Å². The second kappa shape index (κ2) is 7.22. The molecule has 0 N–H and O–H groups in total. The number of thiophene rings is 1. The van der Waals surface area contributed by atoms with Gasteiger partial charge in [-0.05, 0) is 32.0 Å². The number of ether oxygens (including phenoxy) is 2. The fourth-order valence-electron chi connectivity index (χ4n) is 1.89. The highest BCUT2D eigenvalue weighted by Gasteiger charge is 2.11. The number of para-hydroxylation sites is 1. The molecule has 0 aliphatic carbocycles. The Morgan fingerprint density at radius 3 is 2.55 bits per heavy atom. The van der Waals surface area contributed by atoms with Crippen LogP contribution in [0.1, 0.15) is 20.1 Å². The lowest BCUT2D eigenvalue weighted by Crippen LogP contribution is -2.13. The lowest BCUT2D eigenvalue weighted by Gasteiger charge is -2.06. The summed E-state index contributed by atoms with van der Waals surface area (Å²) in [5, 5.41) is 0. The van der Waals surface area contributed by atoms with E-state index in [1.165, 1.54) is 0 Å². The lowest BCUT2D eigenvalue weighted by molar-refractivity contribution is 0.0688. The Balaban J connectivity index is 1.68. The van der Waals surface area contributed by atoms with Crippen molar-refractivity contribution in [1.29, 1.82) is 0 Å². The Kier molecular flexibility index (Phi) is 5.32. The Morgan fingerprint density at radius 2 is 1.90 bits per heavy atom. The highest BCUT2D eigenvalue weighted by atomic mass is 32.1. The summed E-state index contributed by atoms with van der Waals surface area (Å²) in [5.74, 6) is 0.846. The second-order valence-electron chi connectivity index (χ2n) is 4.46. The van der Waals surface area contributed by atoms with Crippen molar-refractivity contribution in [1.82, 2.24) is 0 Å². The normalized spacial score (nSPS) is 10.5. The van der Waals surface area contributed by atoms with E-state index in [0.717, 1.165) is 21.1 Å². The molecule has 0 unspecified atom stereocenters. The highest BCUT2D eigenvalue weighted by molar-refractivity contribution is 7.12. The van der Waals surface area contributed by atoms with E-state index in [0.29, 0.717) is 13.2 Å². The van der Waals surface area contributed by atoms with Gasteiger partial charge in [0, 0.05) is 15.3 Å². The summed E-state index contributed by atoms with van der Waals surface area (Å²) in [6, 6.07) is 11.5. The third-order valence-corrected chi connectivity index (χ3v) is 3.78. The van der Waals surface area contributed by atoms with Crippen molar-refractivity contribution in [2.75, 3.05) is 19.8 Å². The van der Waals surface area contributed by atoms with Crippen LogP contribution in [0.25, 0.3) is 0 Å². The number of carbonyl (C=O) groups is 1. The van der Waals surface area contributed by atoms with Gasteiger partial charge in [-0.2, -0.15) is 0 Å².